The lowest BCUT2D eigenvalue weighted by molar-refractivity contribution is 0.0372. The van der Waals surface area contributed by atoms with Gasteiger partial charge in [-0.15, -0.1) is 0 Å². The molecule has 1 aromatic carbocycles. The third-order valence-electron chi connectivity index (χ3n) is 3.11. The lowest BCUT2D eigenvalue weighted by Crippen LogP contribution is -2.40. The van der Waals surface area contributed by atoms with E-state index in [1.165, 1.54) is 4.31 Å². The van der Waals surface area contributed by atoms with Crippen LogP contribution in [0.3, 0.4) is 0 Å². The minimum Gasteiger partial charge on any atom is -0.459 e. The van der Waals surface area contributed by atoms with E-state index in [0.717, 1.165) is 18.2 Å². The molecule has 0 radical (unpaired) electrons. The van der Waals surface area contributed by atoms with Gasteiger partial charge in [0.15, 0.2) is 0 Å². The molecule has 122 valence electrons. The molecule has 0 amide bonds. The zero-order chi connectivity index (χ0) is 16.3. The molecule has 0 atom stereocenters. The molecule has 0 spiro atoms. The van der Waals surface area contributed by atoms with E-state index in [1.54, 1.807) is 13.8 Å². The van der Waals surface area contributed by atoms with E-state index in [-0.39, 0.29) is 23.5 Å². The Balaban J connectivity index is 2.34. The van der Waals surface area contributed by atoms with Crippen LogP contribution in [0.1, 0.15) is 24.2 Å². The summed E-state index contributed by atoms with van der Waals surface area (Å²) in [7, 11) is -3.78. The fourth-order valence-corrected chi connectivity index (χ4v) is 3.47. The monoisotopic (exact) mass is 331 g/mol. The molecule has 8 heteroatoms. The molecule has 0 aromatic heterocycles. The minimum atomic E-state index is -3.78. The van der Waals surface area contributed by atoms with Crippen LogP contribution in [0.25, 0.3) is 0 Å². The number of nitrogens with zero attached hydrogens (tertiary/aromatic N) is 1. The SMILES string of the molecule is CC(C)OC(=O)c1cc(S(=O)(=O)N2CCOCC2)ccc1F. The van der Waals surface area contributed by atoms with Gasteiger partial charge in [-0.05, 0) is 32.0 Å². The van der Waals surface area contributed by atoms with Crippen LogP contribution < -0.4 is 0 Å². The maximum atomic E-state index is 13.8. The van der Waals surface area contributed by atoms with Gasteiger partial charge >= 0.3 is 5.97 Å². The van der Waals surface area contributed by atoms with E-state index in [1.807, 2.05) is 0 Å². The Morgan fingerprint density at radius 2 is 1.95 bits per heavy atom. The predicted octanol–water partition coefficient (Wildman–Crippen LogP) is 1.41. The number of esters is 1. The lowest BCUT2D eigenvalue weighted by atomic mass is 10.2. The van der Waals surface area contributed by atoms with E-state index >= 15 is 0 Å². The largest absolute Gasteiger partial charge is 0.459 e. The zero-order valence-electron chi connectivity index (χ0n) is 12.4. The molecule has 1 aliphatic rings. The van der Waals surface area contributed by atoms with Crippen molar-refractivity contribution >= 4 is 16.0 Å². The summed E-state index contributed by atoms with van der Waals surface area (Å²) in [4.78, 5) is 11.7. The molecule has 22 heavy (non-hydrogen) atoms. The molecule has 0 bridgehead atoms. The van der Waals surface area contributed by atoms with Crippen molar-refractivity contribution in [1.29, 1.82) is 0 Å². The van der Waals surface area contributed by atoms with Crippen molar-refractivity contribution < 1.29 is 27.1 Å². The summed E-state index contributed by atoms with van der Waals surface area (Å²) in [6.45, 7) is 4.33. The van der Waals surface area contributed by atoms with Gasteiger partial charge < -0.3 is 9.47 Å². The van der Waals surface area contributed by atoms with Crippen LogP contribution in [0.15, 0.2) is 23.1 Å². The van der Waals surface area contributed by atoms with Crippen LogP contribution in [0, 0.1) is 5.82 Å². The molecule has 0 unspecified atom stereocenters. The van der Waals surface area contributed by atoms with Gasteiger partial charge in [-0.25, -0.2) is 17.6 Å². The highest BCUT2D eigenvalue weighted by molar-refractivity contribution is 7.89. The smallest absolute Gasteiger partial charge is 0.341 e. The highest BCUT2D eigenvalue weighted by Crippen LogP contribution is 2.21. The van der Waals surface area contributed by atoms with Crippen LogP contribution in [-0.4, -0.2) is 51.1 Å². The topological polar surface area (TPSA) is 72.9 Å². The average molecular weight is 331 g/mol. The van der Waals surface area contributed by atoms with Gasteiger partial charge in [0, 0.05) is 13.1 Å². The third-order valence-corrected chi connectivity index (χ3v) is 5.00. The van der Waals surface area contributed by atoms with Crippen LogP contribution in [0.4, 0.5) is 4.39 Å². The molecular formula is C14H18FNO5S. The number of carbonyl (C=O) groups excluding carboxylic acids is 1. The molecule has 6 nitrogen and oxygen atoms in total. The predicted molar refractivity (Wildman–Crippen MR) is 76.5 cm³/mol. The van der Waals surface area contributed by atoms with Gasteiger partial charge in [0.25, 0.3) is 0 Å². The van der Waals surface area contributed by atoms with E-state index < -0.39 is 27.9 Å². The summed E-state index contributed by atoms with van der Waals surface area (Å²) in [5.41, 5.74) is -0.386. The normalized spacial score (nSPS) is 16.7. The van der Waals surface area contributed by atoms with Crippen LogP contribution >= 0.6 is 0 Å². The van der Waals surface area contributed by atoms with Crippen LogP contribution in [0.2, 0.25) is 0 Å². The summed E-state index contributed by atoms with van der Waals surface area (Å²) in [6, 6.07) is 3.13. The summed E-state index contributed by atoms with van der Waals surface area (Å²) in [6.07, 6.45) is -0.425. The van der Waals surface area contributed by atoms with Gasteiger partial charge in [0.05, 0.1) is 29.8 Å². The van der Waals surface area contributed by atoms with Crippen molar-refractivity contribution in [2.75, 3.05) is 26.3 Å². The van der Waals surface area contributed by atoms with E-state index in [4.69, 9.17) is 9.47 Å². The van der Waals surface area contributed by atoms with Gasteiger partial charge in [0.1, 0.15) is 5.82 Å². The first-order valence-corrected chi connectivity index (χ1v) is 8.35. The number of hydrogen-bond acceptors (Lipinski definition) is 5. The van der Waals surface area contributed by atoms with Gasteiger partial charge in [-0.2, -0.15) is 4.31 Å². The first-order chi connectivity index (χ1) is 10.3. The molecule has 1 aromatic rings. The lowest BCUT2D eigenvalue weighted by Gasteiger charge is -2.26. The average Bonchev–Trinajstić information content (AvgIpc) is 2.47. The number of benzene rings is 1. The Kier molecular flexibility index (Phi) is 5.15. The van der Waals surface area contributed by atoms with Crippen molar-refractivity contribution in [2.24, 2.45) is 0 Å². The molecule has 2 rings (SSSR count). The summed E-state index contributed by atoms with van der Waals surface area (Å²) < 4.78 is 50.0. The van der Waals surface area contributed by atoms with Crippen molar-refractivity contribution in [3.05, 3.63) is 29.6 Å². The molecule has 1 fully saturated rings. The van der Waals surface area contributed by atoms with Crippen molar-refractivity contribution in [3.63, 3.8) is 0 Å². The van der Waals surface area contributed by atoms with Crippen molar-refractivity contribution in [2.45, 2.75) is 24.8 Å². The van der Waals surface area contributed by atoms with E-state index in [9.17, 15) is 17.6 Å². The van der Waals surface area contributed by atoms with Gasteiger partial charge in [0.2, 0.25) is 10.0 Å². The van der Waals surface area contributed by atoms with Gasteiger partial charge in [-0.1, -0.05) is 0 Å². The minimum absolute atomic E-state index is 0.133. The quantitative estimate of drug-likeness (QED) is 0.780. The Morgan fingerprint density at radius 1 is 1.32 bits per heavy atom. The fourth-order valence-electron chi connectivity index (χ4n) is 2.03. The number of morpholine rings is 1. The Bertz CT molecular complexity index is 653. The maximum Gasteiger partial charge on any atom is 0.341 e. The number of hydrogen-bond donors (Lipinski definition) is 0. The number of carbonyl (C=O) groups is 1. The standard InChI is InChI=1S/C14H18FNO5S/c1-10(2)21-14(17)12-9-11(3-4-13(12)15)22(18,19)16-5-7-20-8-6-16/h3-4,9-10H,5-8H2,1-2H3. The molecule has 0 aliphatic carbocycles. The van der Waals surface area contributed by atoms with E-state index in [0.29, 0.717) is 13.2 Å². The molecule has 1 heterocycles. The molecular weight excluding hydrogens is 313 g/mol. The molecule has 0 saturated carbocycles. The zero-order valence-corrected chi connectivity index (χ0v) is 13.2. The fraction of sp³-hybridized carbons (Fsp3) is 0.500. The molecule has 0 N–H and O–H groups in total. The number of rotatable bonds is 4. The van der Waals surface area contributed by atoms with Gasteiger partial charge in [-0.3, -0.25) is 0 Å². The van der Waals surface area contributed by atoms with Crippen molar-refractivity contribution in [1.82, 2.24) is 4.31 Å². The second kappa shape index (κ2) is 6.72. The molecule has 1 saturated heterocycles. The van der Waals surface area contributed by atoms with E-state index in [2.05, 4.69) is 0 Å². The summed E-state index contributed by atoms with van der Waals surface area (Å²) >= 11 is 0. The second-order valence-corrected chi connectivity index (χ2v) is 7.05. The van der Waals surface area contributed by atoms with Crippen LogP contribution in [-0.2, 0) is 19.5 Å². The second-order valence-electron chi connectivity index (χ2n) is 5.11. The first kappa shape index (κ1) is 16.9. The third kappa shape index (κ3) is 3.63. The summed E-state index contributed by atoms with van der Waals surface area (Å²) in [5.74, 6) is -1.70. The molecule has 1 aliphatic heterocycles. The first-order valence-electron chi connectivity index (χ1n) is 6.91. The number of ether oxygens (including phenoxy) is 2. The summed E-state index contributed by atoms with van der Waals surface area (Å²) in [5, 5.41) is 0. The maximum absolute atomic E-state index is 13.8. The highest BCUT2D eigenvalue weighted by Gasteiger charge is 2.28. The Morgan fingerprint density at radius 3 is 2.55 bits per heavy atom. The van der Waals surface area contributed by atoms with Crippen molar-refractivity contribution in [3.8, 4) is 0 Å². The Labute approximate surface area is 128 Å². The Hall–Kier alpha value is -1.51. The highest BCUT2D eigenvalue weighted by atomic mass is 32.2. The van der Waals surface area contributed by atoms with Crippen LogP contribution in [0.5, 0.6) is 0 Å². The number of sulfonamides is 1. The number of halogens is 1.